The molecule has 0 N–H and O–H groups in total. The maximum absolute atomic E-state index is 6.61. The van der Waals surface area contributed by atoms with E-state index in [1.54, 1.807) is 0 Å². The van der Waals surface area contributed by atoms with Crippen molar-refractivity contribution in [3.63, 3.8) is 0 Å². The molecular weight excluding hydrogens is 717 g/mol. The Balaban J connectivity index is 0.988. The standard InChI is InChI=1S/C56H34N2O/c1-3-12-35(13-4-1)41-24-26-46-47-27-25-42(36-14-5-2-6-15-36)32-51(47)55-54(50(46)31-41)57-34-52(58-55)44-21-10-19-38(29-44)37-18-9-20-43(28-37)45-22-11-23-48-49-30-39-16-7-8-17-40(39)33-53(49)59-56(45)48/h1-34H. The van der Waals surface area contributed by atoms with E-state index in [2.05, 4.69) is 200 Å². The molecule has 0 aliphatic rings. The van der Waals surface area contributed by atoms with Crippen molar-refractivity contribution in [1.82, 2.24) is 9.97 Å². The molecule has 0 radical (unpaired) electrons. The maximum atomic E-state index is 6.61. The van der Waals surface area contributed by atoms with Crippen molar-refractivity contribution < 1.29 is 4.42 Å². The lowest BCUT2D eigenvalue weighted by Gasteiger charge is -2.14. The lowest BCUT2D eigenvalue weighted by molar-refractivity contribution is 0.670. The summed E-state index contributed by atoms with van der Waals surface area (Å²) in [7, 11) is 0. The van der Waals surface area contributed by atoms with Crippen LogP contribution in [0.15, 0.2) is 211 Å². The van der Waals surface area contributed by atoms with Crippen molar-refractivity contribution in [2.75, 3.05) is 0 Å². The van der Waals surface area contributed by atoms with Crippen LogP contribution in [-0.2, 0) is 0 Å². The number of benzene rings is 10. The van der Waals surface area contributed by atoms with Gasteiger partial charge in [0.15, 0.2) is 0 Å². The fourth-order valence-corrected chi connectivity index (χ4v) is 8.92. The smallest absolute Gasteiger partial charge is 0.143 e. The van der Waals surface area contributed by atoms with Crippen LogP contribution >= 0.6 is 0 Å². The van der Waals surface area contributed by atoms with Gasteiger partial charge in [0.2, 0.25) is 0 Å². The molecule has 0 saturated carbocycles. The predicted octanol–water partition coefficient (Wildman–Crippen LogP) is 15.3. The van der Waals surface area contributed by atoms with Gasteiger partial charge in [-0.15, -0.1) is 0 Å². The summed E-state index contributed by atoms with van der Waals surface area (Å²) in [4.78, 5) is 10.7. The van der Waals surface area contributed by atoms with E-state index in [-0.39, 0.29) is 0 Å². The first kappa shape index (κ1) is 33.3. The molecule has 0 atom stereocenters. The molecule has 0 aliphatic carbocycles. The van der Waals surface area contributed by atoms with Gasteiger partial charge in [0.05, 0.1) is 22.9 Å². The summed E-state index contributed by atoms with van der Waals surface area (Å²) in [6.07, 6.45) is 1.94. The number of aromatic nitrogens is 2. The molecule has 0 aliphatic heterocycles. The summed E-state index contributed by atoms with van der Waals surface area (Å²) in [5, 5.41) is 9.16. The molecule has 12 aromatic rings. The van der Waals surface area contributed by atoms with Gasteiger partial charge in [-0.2, -0.15) is 0 Å². The van der Waals surface area contributed by atoms with E-state index in [9.17, 15) is 0 Å². The summed E-state index contributed by atoms with van der Waals surface area (Å²) < 4.78 is 6.61. The Kier molecular flexibility index (Phi) is 7.54. The van der Waals surface area contributed by atoms with E-state index < -0.39 is 0 Å². The quantitative estimate of drug-likeness (QED) is 0.164. The van der Waals surface area contributed by atoms with Gasteiger partial charge in [-0.05, 0) is 96.9 Å². The lowest BCUT2D eigenvalue weighted by Crippen LogP contribution is -1.93. The molecule has 2 heterocycles. The highest BCUT2D eigenvalue weighted by atomic mass is 16.3. The third-order valence-electron chi connectivity index (χ3n) is 11.9. The van der Waals surface area contributed by atoms with E-state index >= 15 is 0 Å². The second kappa shape index (κ2) is 13.4. The van der Waals surface area contributed by atoms with Gasteiger partial charge in [-0.25, -0.2) is 4.98 Å². The van der Waals surface area contributed by atoms with Crippen LogP contribution in [0.2, 0.25) is 0 Å². The predicted molar refractivity (Wildman–Crippen MR) is 247 cm³/mol. The van der Waals surface area contributed by atoms with E-state index in [0.29, 0.717) is 0 Å². The van der Waals surface area contributed by atoms with Crippen LogP contribution in [0, 0.1) is 0 Å². The molecule has 12 rings (SSSR count). The Morgan fingerprint density at radius 2 is 0.864 bits per heavy atom. The van der Waals surface area contributed by atoms with Crippen LogP contribution in [0.3, 0.4) is 0 Å². The molecule has 0 spiro atoms. The number of hydrogen-bond acceptors (Lipinski definition) is 3. The van der Waals surface area contributed by atoms with E-state index in [4.69, 9.17) is 14.4 Å². The highest BCUT2D eigenvalue weighted by Crippen LogP contribution is 2.41. The third-order valence-corrected chi connectivity index (χ3v) is 11.9. The summed E-state index contributed by atoms with van der Waals surface area (Å²) in [6.45, 7) is 0. The molecule has 3 heteroatoms. The summed E-state index contributed by atoms with van der Waals surface area (Å²) in [5.41, 5.74) is 14.5. The average Bonchev–Trinajstić information content (AvgIpc) is 3.68. The second-order valence-electron chi connectivity index (χ2n) is 15.3. The molecule has 0 bridgehead atoms. The van der Waals surface area contributed by atoms with Gasteiger partial charge in [-0.3, -0.25) is 4.98 Å². The number of fused-ring (bicyclic) bond motifs is 10. The van der Waals surface area contributed by atoms with E-state index in [1.807, 2.05) is 6.20 Å². The Morgan fingerprint density at radius 3 is 1.56 bits per heavy atom. The summed E-state index contributed by atoms with van der Waals surface area (Å²) >= 11 is 0. The molecular formula is C56H34N2O. The van der Waals surface area contributed by atoms with E-state index in [0.717, 1.165) is 93.8 Å². The second-order valence-corrected chi connectivity index (χ2v) is 15.3. The van der Waals surface area contributed by atoms with Crippen LogP contribution in [0.4, 0.5) is 0 Å². The van der Waals surface area contributed by atoms with Crippen LogP contribution in [-0.4, -0.2) is 9.97 Å². The van der Waals surface area contributed by atoms with Gasteiger partial charge in [-0.1, -0.05) is 164 Å². The van der Waals surface area contributed by atoms with E-state index in [1.165, 1.54) is 27.3 Å². The minimum atomic E-state index is 0.833. The minimum Gasteiger partial charge on any atom is -0.455 e. The summed E-state index contributed by atoms with van der Waals surface area (Å²) in [5.74, 6) is 0. The van der Waals surface area contributed by atoms with Crippen molar-refractivity contribution in [2.24, 2.45) is 0 Å². The largest absolute Gasteiger partial charge is 0.455 e. The van der Waals surface area contributed by atoms with Gasteiger partial charge in [0.25, 0.3) is 0 Å². The zero-order chi connectivity index (χ0) is 38.9. The Bertz CT molecular complexity index is 3610. The summed E-state index contributed by atoms with van der Waals surface area (Å²) in [6, 6.07) is 71.3. The van der Waals surface area contributed by atoms with Crippen molar-refractivity contribution in [3.8, 4) is 55.8 Å². The van der Waals surface area contributed by atoms with Crippen molar-refractivity contribution >= 4 is 65.3 Å². The Labute approximate surface area is 340 Å². The minimum absolute atomic E-state index is 0.833. The monoisotopic (exact) mass is 750 g/mol. The molecule has 0 amide bonds. The van der Waals surface area contributed by atoms with Crippen LogP contribution in [0.25, 0.3) is 121 Å². The third kappa shape index (κ3) is 5.59. The molecule has 59 heavy (non-hydrogen) atoms. The first-order valence-corrected chi connectivity index (χ1v) is 20.0. The molecule has 3 nitrogen and oxygen atoms in total. The Morgan fingerprint density at radius 1 is 0.322 bits per heavy atom. The van der Waals surface area contributed by atoms with Crippen molar-refractivity contribution in [2.45, 2.75) is 0 Å². The number of hydrogen-bond donors (Lipinski definition) is 0. The normalized spacial score (nSPS) is 11.7. The van der Waals surface area contributed by atoms with Crippen molar-refractivity contribution in [1.29, 1.82) is 0 Å². The topological polar surface area (TPSA) is 38.9 Å². The number of rotatable bonds is 5. The first-order valence-electron chi connectivity index (χ1n) is 20.0. The van der Waals surface area contributed by atoms with Gasteiger partial charge in [0.1, 0.15) is 11.2 Å². The van der Waals surface area contributed by atoms with Gasteiger partial charge in [0, 0.05) is 32.7 Å². The van der Waals surface area contributed by atoms with Crippen LogP contribution in [0.1, 0.15) is 0 Å². The Hall–Kier alpha value is -7.88. The fraction of sp³-hybridized carbons (Fsp3) is 0. The van der Waals surface area contributed by atoms with Crippen LogP contribution < -0.4 is 0 Å². The number of para-hydroxylation sites is 1. The fourth-order valence-electron chi connectivity index (χ4n) is 8.92. The van der Waals surface area contributed by atoms with Crippen molar-refractivity contribution in [3.05, 3.63) is 206 Å². The molecule has 0 unspecified atom stereocenters. The van der Waals surface area contributed by atoms with Gasteiger partial charge < -0.3 is 4.42 Å². The average molecular weight is 751 g/mol. The first-order chi connectivity index (χ1) is 29.2. The molecule has 2 aromatic heterocycles. The number of nitrogens with zero attached hydrogens (tertiary/aromatic N) is 2. The zero-order valence-electron chi connectivity index (χ0n) is 31.9. The molecule has 0 saturated heterocycles. The zero-order valence-corrected chi connectivity index (χ0v) is 31.9. The number of furan rings is 1. The highest BCUT2D eigenvalue weighted by Gasteiger charge is 2.17. The maximum Gasteiger partial charge on any atom is 0.143 e. The lowest BCUT2D eigenvalue weighted by atomic mass is 9.93. The van der Waals surface area contributed by atoms with Gasteiger partial charge >= 0.3 is 0 Å². The SMILES string of the molecule is c1ccc(-c2ccc3c4ccc(-c5ccccc5)cc4c4nc(-c5cccc(-c6cccc(-c7cccc8c7oc7cc9ccccc9cc78)c6)c5)cnc4c3c2)cc1. The molecule has 10 aromatic carbocycles. The highest BCUT2D eigenvalue weighted by molar-refractivity contribution is 6.24. The van der Waals surface area contributed by atoms with Crippen LogP contribution in [0.5, 0.6) is 0 Å². The molecule has 0 fully saturated rings. The molecule has 274 valence electrons.